The van der Waals surface area contributed by atoms with Crippen molar-refractivity contribution >= 4 is 17.6 Å². The minimum atomic E-state index is -0.380. The summed E-state index contributed by atoms with van der Waals surface area (Å²) in [5.74, 6) is 0.461. The van der Waals surface area contributed by atoms with Crippen molar-refractivity contribution < 1.29 is 4.74 Å². The molecular weight excluding hydrogens is 204 g/mol. The number of nitrogens with two attached hydrogens (primary N) is 1. The van der Waals surface area contributed by atoms with Crippen LogP contribution in [0.3, 0.4) is 0 Å². The molecule has 1 aromatic rings. The van der Waals surface area contributed by atoms with Gasteiger partial charge >= 0.3 is 0 Å². The molecule has 1 aromatic carbocycles. The van der Waals surface area contributed by atoms with Crippen LogP contribution < -0.4 is 15.8 Å². The smallest absolute Gasteiger partial charge is 0.165 e. The van der Waals surface area contributed by atoms with E-state index in [0.717, 1.165) is 0 Å². The molecule has 1 rings (SSSR count). The molecule has 4 N–H and O–H groups in total. The Morgan fingerprint density at radius 2 is 2.31 bits per heavy atom. The van der Waals surface area contributed by atoms with Gasteiger partial charge in [0.05, 0.1) is 24.6 Å². The fraction of sp³-hybridized carbons (Fsp3) is 0.273. The van der Waals surface area contributed by atoms with E-state index in [9.17, 15) is 0 Å². The second kappa shape index (κ2) is 5.03. The number of hydrogen-bond donors (Lipinski definition) is 3. The van der Waals surface area contributed by atoms with Crippen LogP contribution in [0.15, 0.2) is 12.1 Å². The highest BCUT2D eigenvalue weighted by atomic mass is 16.5. The van der Waals surface area contributed by atoms with Gasteiger partial charge in [0.25, 0.3) is 0 Å². The maximum absolute atomic E-state index is 8.75. The van der Waals surface area contributed by atoms with Crippen molar-refractivity contribution in [2.45, 2.75) is 13.0 Å². The van der Waals surface area contributed by atoms with E-state index in [1.54, 1.807) is 19.1 Å². The molecule has 0 saturated heterocycles. The Labute approximate surface area is 94.3 Å². The van der Waals surface area contributed by atoms with Crippen molar-refractivity contribution in [3.05, 3.63) is 17.7 Å². The molecule has 1 atom stereocenters. The van der Waals surface area contributed by atoms with Crippen LogP contribution in [-0.4, -0.2) is 19.4 Å². The SMILES string of the molecule is COc1c(N)ccc(C=N)c1NC(C)C#N. The Balaban J connectivity index is 3.26. The molecule has 0 radical (unpaired) electrons. The highest BCUT2D eigenvalue weighted by molar-refractivity contribution is 5.91. The third-order valence-corrected chi connectivity index (χ3v) is 2.13. The zero-order valence-electron chi connectivity index (χ0n) is 9.24. The molecule has 0 aliphatic rings. The number of benzene rings is 1. The molecule has 0 bridgehead atoms. The van der Waals surface area contributed by atoms with Crippen LogP contribution in [0.2, 0.25) is 0 Å². The first-order chi connectivity index (χ1) is 7.63. The fourth-order valence-electron chi connectivity index (χ4n) is 1.35. The molecule has 16 heavy (non-hydrogen) atoms. The Hall–Kier alpha value is -2.22. The van der Waals surface area contributed by atoms with Gasteiger partial charge in [0.2, 0.25) is 0 Å². The Morgan fingerprint density at radius 1 is 1.62 bits per heavy atom. The summed E-state index contributed by atoms with van der Waals surface area (Å²) in [5.41, 5.74) is 7.43. The number of ether oxygens (including phenoxy) is 1. The Morgan fingerprint density at radius 3 is 2.81 bits per heavy atom. The molecule has 0 fully saturated rings. The highest BCUT2D eigenvalue weighted by Crippen LogP contribution is 2.34. The van der Waals surface area contributed by atoms with Gasteiger partial charge in [-0.25, -0.2) is 0 Å². The average molecular weight is 218 g/mol. The van der Waals surface area contributed by atoms with Gasteiger partial charge in [-0.15, -0.1) is 0 Å². The van der Waals surface area contributed by atoms with E-state index in [-0.39, 0.29) is 6.04 Å². The van der Waals surface area contributed by atoms with E-state index in [1.165, 1.54) is 13.3 Å². The first-order valence-electron chi connectivity index (χ1n) is 4.77. The summed E-state index contributed by atoms with van der Waals surface area (Å²) in [6, 6.07) is 5.05. The van der Waals surface area contributed by atoms with E-state index >= 15 is 0 Å². The van der Waals surface area contributed by atoms with E-state index in [2.05, 4.69) is 11.4 Å². The molecule has 0 heterocycles. The second-order valence-corrected chi connectivity index (χ2v) is 3.29. The first kappa shape index (κ1) is 11.9. The summed E-state index contributed by atoms with van der Waals surface area (Å²) in [6.45, 7) is 1.72. The topological polar surface area (TPSA) is 94.9 Å². The second-order valence-electron chi connectivity index (χ2n) is 3.29. The average Bonchev–Trinajstić information content (AvgIpc) is 2.29. The number of anilines is 2. The number of nitrogens with one attached hydrogen (secondary N) is 2. The van der Waals surface area contributed by atoms with E-state index in [0.29, 0.717) is 22.7 Å². The van der Waals surface area contributed by atoms with E-state index in [1.807, 2.05) is 0 Å². The number of nitrogen functional groups attached to an aromatic ring is 1. The lowest BCUT2D eigenvalue weighted by molar-refractivity contribution is 0.418. The molecule has 0 aliphatic carbocycles. The van der Waals surface area contributed by atoms with Crippen molar-refractivity contribution in [1.29, 1.82) is 10.7 Å². The van der Waals surface area contributed by atoms with E-state index < -0.39 is 0 Å². The van der Waals surface area contributed by atoms with Crippen LogP contribution in [0.1, 0.15) is 12.5 Å². The fourth-order valence-corrected chi connectivity index (χ4v) is 1.35. The summed E-state index contributed by atoms with van der Waals surface area (Å²) in [5, 5.41) is 19.0. The third kappa shape index (κ3) is 2.23. The number of rotatable bonds is 4. The van der Waals surface area contributed by atoms with Gasteiger partial charge in [0.1, 0.15) is 6.04 Å². The Kier molecular flexibility index (Phi) is 3.72. The standard InChI is InChI=1S/C11H14N4O/c1-7(5-12)15-10-8(6-13)3-4-9(14)11(10)16-2/h3-4,6-7,13,15H,14H2,1-2H3. The molecule has 0 saturated carbocycles. The van der Waals surface area contributed by atoms with Crippen LogP contribution in [0, 0.1) is 16.7 Å². The summed E-state index contributed by atoms with van der Waals surface area (Å²) in [7, 11) is 1.50. The van der Waals surface area contributed by atoms with Crippen LogP contribution in [0.4, 0.5) is 11.4 Å². The summed E-state index contributed by atoms with van der Waals surface area (Å²) in [6.07, 6.45) is 1.19. The molecule has 0 aliphatic heterocycles. The van der Waals surface area contributed by atoms with Crippen molar-refractivity contribution in [1.82, 2.24) is 0 Å². The molecule has 0 spiro atoms. The normalized spacial score (nSPS) is 11.3. The van der Waals surface area contributed by atoms with Crippen LogP contribution >= 0.6 is 0 Å². The van der Waals surface area contributed by atoms with Crippen molar-refractivity contribution in [2.75, 3.05) is 18.2 Å². The highest BCUT2D eigenvalue weighted by Gasteiger charge is 2.13. The molecule has 5 nitrogen and oxygen atoms in total. The van der Waals surface area contributed by atoms with Gasteiger partial charge in [0, 0.05) is 11.8 Å². The lowest BCUT2D eigenvalue weighted by Crippen LogP contribution is -2.15. The maximum atomic E-state index is 8.75. The zero-order valence-corrected chi connectivity index (χ0v) is 9.24. The lowest BCUT2D eigenvalue weighted by atomic mass is 10.1. The number of methoxy groups -OCH3 is 1. The number of nitrogens with zero attached hydrogens (tertiary/aromatic N) is 1. The van der Waals surface area contributed by atoms with Crippen molar-refractivity contribution in [2.24, 2.45) is 0 Å². The van der Waals surface area contributed by atoms with Crippen molar-refractivity contribution in [3.8, 4) is 11.8 Å². The lowest BCUT2D eigenvalue weighted by Gasteiger charge is -2.16. The third-order valence-electron chi connectivity index (χ3n) is 2.13. The first-order valence-corrected chi connectivity index (χ1v) is 4.77. The van der Waals surface area contributed by atoms with Gasteiger partial charge in [-0.1, -0.05) is 0 Å². The minimum Gasteiger partial charge on any atom is -0.492 e. The molecule has 5 heteroatoms. The minimum absolute atomic E-state index is 0.380. The van der Waals surface area contributed by atoms with Crippen LogP contribution in [0.25, 0.3) is 0 Å². The molecule has 1 unspecified atom stereocenters. The molecule has 84 valence electrons. The number of hydrogen-bond acceptors (Lipinski definition) is 5. The predicted octanol–water partition coefficient (Wildman–Crippen LogP) is 1.60. The monoisotopic (exact) mass is 218 g/mol. The molecule has 0 aromatic heterocycles. The van der Waals surface area contributed by atoms with E-state index in [4.69, 9.17) is 21.1 Å². The maximum Gasteiger partial charge on any atom is 0.165 e. The van der Waals surface area contributed by atoms with Crippen LogP contribution in [-0.2, 0) is 0 Å². The zero-order chi connectivity index (χ0) is 12.1. The van der Waals surface area contributed by atoms with Gasteiger partial charge in [0.15, 0.2) is 5.75 Å². The van der Waals surface area contributed by atoms with Gasteiger partial charge in [-0.2, -0.15) is 5.26 Å². The van der Waals surface area contributed by atoms with Crippen LogP contribution in [0.5, 0.6) is 5.75 Å². The summed E-state index contributed by atoms with van der Waals surface area (Å²) < 4.78 is 5.16. The largest absolute Gasteiger partial charge is 0.492 e. The van der Waals surface area contributed by atoms with Crippen molar-refractivity contribution in [3.63, 3.8) is 0 Å². The number of nitriles is 1. The molecule has 0 amide bonds. The summed E-state index contributed by atoms with van der Waals surface area (Å²) >= 11 is 0. The quantitative estimate of drug-likeness (QED) is 0.528. The predicted molar refractivity (Wildman–Crippen MR) is 64.0 cm³/mol. The van der Waals surface area contributed by atoms with Gasteiger partial charge in [-0.3, -0.25) is 0 Å². The van der Waals surface area contributed by atoms with Gasteiger partial charge < -0.3 is 21.2 Å². The van der Waals surface area contributed by atoms with Gasteiger partial charge in [-0.05, 0) is 19.1 Å². The Bertz CT molecular complexity index is 436. The summed E-state index contributed by atoms with van der Waals surface area (Å²) in [4.78, 5) is 0. The molecular formula is C11H14N4O.